The van der Waals surface area contributed by atoms with E-state index >= 15 is 0 Å². The number of likely N-dealkylation sites (tertiary alicyclic amines) is 1. The van der Waals surface area contributed by atoms with Crippen LogP contribution in [-0.2, 0) is 6.54 Å². The first-order chi connectivity index (χ1) is 13.7. The highest BCUT2D eigenvalue weighted by atomic mass is 35.5. The van der Waals surface area contributed by atoms with Gasteiger partial charge in [0.2, 0.25) is 0 Å². The predicted molar refractivity (Wildman–Crippen MR) is 117 cm³/mol. The molecule has 1 aliphatic heterocycles. The molecule has 0 radical (unpaired) electrons. The molecule has 1 aromatic carbocycles. The summed E-state index contributed by atoms with van der Waals surface area (Å²) in [6.45, 7) is 5.06. The Kier molecular flexibility index (Phi) is 8.01. The van der Waals surface area contributed by atoms with Crippen molar-refractivity contribution in [3.05, 3.63) is 47.4 Å². The van der Waals surface area contributed by atoms with Crippen LogP contribution in [0.3, 0.4) is 0 Å². The molecule has 152 valence electrons. The standard InChI is InChI=1S/C21H28ClN3O2S/c1-26-20-9-8-17(22)15-19(20)23-21(28)25(16-18-7-6-14-27-18)13-12-24-10-4-2-3-5-11-24/h6-9,14-15H,2-5,10-13,16H2,1H3,(H,23,28)/p+1. The molecule has 1 aromatic heterocycles. The van der Waals surface area contributed by atoms with Gasteiger partial charge in [-0.25, -0.2) is 0 Å². The zero-order valence-corrected chi connectivity index (χ0v) is 18.0. The average Bonchev–Trinajstić information content (AvgIpc) is 3.06. The van der Waals surface area contributed by atoms with Crippen LogP contribution in [0.25, 0.3) is 0 Å². The summed E-state index contributed by atoms with van der Waals surface area (Å²) in [5, 5.41) is 4.59. The van der Waals surface area contributed by atoms with Gasteiger partial charge in [-0.2, -0.15) is 0 Å². The molecule has 0 amide bonds. The van der Waals surface area contributed by atoms with Crippen molar-refractivity contribution in [2.24, 2.45) is 0 Å². The molecule has 0 spiro atoms. The molecule has 2 aromatic rings. The quantitative estimate of drug-likeness (QED) is 0.667. The number of nitrogens with one attached hydrogen (secondary N) is 2. The number of methoxy groups -OCH3 is 1. The van der Waals surface area contributed by atoms with Crippen molar-refractivity contribution < 1.29 is 14.1 Å². The molecule has 0 unspecified atom stereocenters. The van der Waals surface area contributed by atoms with Crippen molar-refractivity contribution in [2.75, 3.05) is 38.6 Å². The van der Waals surface area contributed by atoms with Crippen molar-refractivity contribution in [1.82, 2.24) is 4.90 Å². The van der Waals surface area contributed by atoms with E-state index in [-0.39, 0.29) is 0 Å². The Morgan fingerprint density at radius 3 is 2.71 bits per heavy atom. The van der Waals surface area contributed by atoms with Gasteiger partial charge in [-0.05, 0) is 68.2 Å². The van der Waals surface area contributed by atoms with Crippen LogP contribution in [-0.4, -0.2) is 43.3 Å². The highest BCUT2D eigenvalue weighted by molar-refractivity contribution is 7.80. The molecular weight excluding hydrogens is 394 g/mol. The Morgan fingerprint density at radius 1 is 1.25 bits per heavy atom. The Bertz CT molecular complexity index is 746. The second kappa shape index (κ2) is 10.7. The minimum absolute atomic E-state index is 0.634. The summed E-state index contributed by atoms with van der Waals surface area (Å²) in [5.74, 6) is 1.61. The van der Waals surface area contributed by atoms with Crippen LogP contribution in [0.1, 0.15) is 31.4 Å². The first-order valence-electron chi connectivity index (χ1n) is 9.91. The molecular formula is C21H29ClN3O2S+. The number of benzene rings is 1. The Balaban J connectivity index is 1.68. The summed E-state index contributed by atoms with van der Waals surface area (Å²) in [7, 11) is 1.64. The fraction of sp³-hybridized carbons (Fsp3) is 0.476. The van der Waals surface area contributed by atoms with Gasteiger partial charge in [0, 0.05) is 5.02 Å². The zero-order valence-electron chi connectivity index (χ0n) is 16.4. The minimum atomic E-state index is 0.634. The number of rotatable bonds is 7. The number of anilines is 1. The largest absolute Gasteiger partial charge is 0.495 e. The molecule has 3 rings (SSSR count). The molecule has 1 fully saturated rings. The minimum Gasteiger partial charge on any atom is -0.495 e. The Labute approximate surface area is 177 Å². The molecule has 28 heavy (non-hydrogen) atoms. The third-order valence-corrected chi connectivity index (χ3v) is 5.76. The molecule has 5 nitrogen and oxygen atoms in total. The smallest absolute Gasteiger partial charge is 0.174 e. The first-order valence-corrected chi connectivity index (χ1v) is 10.7. The zero-order chi connectivity index (χ0) is 19.8. The molecule has 0 bridgehead atoms. The van der Waals surface area contributed by atoms with Crippen LogP contribution in [0.15, 0.2) is 41.0 Å². The summed E-state index contributed by atoms with van der Waals surface area (Å²) < 4.78 is 11.0. The fourth-order valence-electron chi connectivity index (χ4n) is 3.59. The summed E-state index contributed by atoms with van der Waals surface area (Å²) in [6.07, 6.45) is 7.04. The number of thiocarbonyl (C=S) groups is 1. The molecule has 0 saturated carbocycles. The van der Waals surface area contributed by atoms with E-state index in [0.717, 1.165) is 24.5 Å². The van der Waals surface area contributed by atoms with E-state index in [1.165, 1.54) is 38.8 Å². The van der Waals surface area contributed by atoms with Gasteiger partial charge in [0.25, 0.3) is 0 Å². The van der Waals surface area contributed by atoms with E-state index < -0.39 is 0 Å². The number of hydrogen-bond donors (Lipinski definition) is 2. The first kappa shape index (κ1) is 21.0. The summed E-state index contributed by atoms with van der Waals surface area (Å²) >= 11 is 11.9. The lowest BCUT2D eigenvalue weighted by molar-refractivity contribution is -0.898. The second-order valence-electron chi connectivity index (χ2n) is 7.19. The van der Waals surface area contributed by atoms with E-state index in [1.54, 1.807) is 24.3 Å². The topological polar surface area (TPSA) is 42.1 Å². The normalized spacial score (nSPS) is 15.1. The summed E-state index contributed by atoms with van der Waals surface area (Å²) in [6, 6.07) is 9.36. The van der Waals surface area contributed by atoms with Gasteiger partial charge in [0.15, 0.2) is 5.11 Å². The van der Waals surface area contributed by atoms with Crippen LogP contribution in [0.5, 0.6) is 5.75 Å². The SMILES string of the molecule is COc1ccc(Cl)cc1NC(=S)N(CC[NH+]1CCCCCC1)Cc1ccco1. The van der Waals surface area contributed by atoms with Crippen LogP contribution in [0.4, 0.5) is 5.69 Å². The van der Waals surface area contributed by atoms with Gasteiger partial charge < -0.3 is 24.3 Å². The Morgan fingerprint density at radius 2 is 2.04 bits per heavy atom. The maximum atomic E-state index is 6.16. The summed E-state index contributed by atoms with van der Waals surface area (Å²) in [5.41, 5.74) is 0.770. The maximum Gasteiger partial charge on any atom is 0.174 e. The van der Waals surface area contributed by atoms with E-state index in [0.29, 0.717) is 22.4 Å². The molecule has 0 atom stereocenters. The lowest BCUT2D eigenvalue weighted by atomic mass is 10.2. The van der Waals surface area contributed by atoms with Crippen LogP contribution in [0, 0.1) is 0 Å². The lowest BCUT2D eigenvalue weighted by Gasteiger charge is -2.27. The van der Waals surface area contributed by atoms with E-state index in [9.17, 15) is 0 Å². The van der Waals surface area contributed by atoms with Crippen LogP contribution in [0.2, 0.25) is 5.02 Å². The van der Waals surface area contributed by atoms with Crippen molar-refractivity contribution in [1.29, 1.82) is 0 Å². The summed E-state index contributed by atoms with van der Waals surface area (Å²) in [4.78, 5) is 3.82. The molecule has 1 saturated heterocycles. The number of halogens is 1. The third-order valence-electron chi connectivity index (χ3n) is 5.16. The number of nitrogens with zero attached hydrogens (tertiary/aromatic N) is 1. The maximum absolute atomic E-state index is 6.16. The second-order valence-corrected chi connectivity index (χ2v) is 8.01. The number of quaternary nitrogens is 1. The van der Waals surface area contributed by atoms with E-state index in [1.807, 2.05) is 24.3 Å². The number of furan rings is 1. The lowest BCUT2D eigenvalue weighted by Crippen LogP contribution is -3.12. The van der Waals surface area contributed by atoms with Crippen molar-refractivity contribution in [3.8, 4) is 5.75 Å². The highest BCUT2D eigenvalue weighted by Crippen LogP contribution is 2.28. The van der Waals surface area contributed by atoms with Crippen LogP contribution >= 0.6 is 23.8 Å². The average molecular weight is 423 g/mol. The molecule has 2 heterocycles. The highest BCUT2D eigenvalue weighted by Gasteiger charge is 2.18. The monoisotopic (exact) mass is 422 g/mol. The van der Waals surface area contributed by atoms with Gasteiger partial charge >= 0.3 is 0 Å². The molecule has 2 N–H and O–H groups in total. The van der Waals surface area contributed by atoms with E-state index in [2.05, 4.69) is 10.2 Å². The molecule has 7 heteroatoms. The fourth-order valence-corrected chi connectivity index (χ4v) is 4.02. The third kappa shape index (κ3) is 6.12. The predicted octanol–water partition coefficient (Wildman–Crippen LogP) is 3.60. The van der Waals surface area contributed by atoms with Gasteiger partial charge in [-0.3, -0.25) is 0 Å². The van der Waals surface area contributed by atoms with E-state index in [4.69, 9.17) is 33.0 Å². The Hall–Kier alpha value is -1.76. The van der Waals surface area contributed by atoms with Gasteiger partial charge in [-0.1, -0.05) is 11.6 Å². The molecule has 1 aliphatic rings. The number of hydrogen-bond acceptors (Lipinski definition) is 3. The molecule has 0 aliphatic carbocycles. The van der Waals surface area contributed by atoms with Crippen molar-refractivity contribution >= 4 is 34.6 Å². The van der Waals surface area contributed by atoms with Crippen LogP contribution < -0.4 is 15.0 Å². The number of ether oxygens (including phenoxy) is 1. The van der Waals surface area contributed by atoms with Gasteiger partial charge in [0.05, 0.1) is 51.8 Å². The van der Waals surface area contributed by atoms with Gasteiger partial charge in [-0.15, -0.1) is 0 Å². The van der Waals surface area contributed by atoms with Crippen molar-refractivity contribution in [2.45, 2.75) is 32.2 Å². The van der Waals surface area contributed by atoms with Gasteiger partial charge in [0.1, 0.15) is 11.5 Å². The van der Waals surface area contributed by atoms with Crippen molar-refractivity contribution in [3.63, 3.8) is 0 Å².